The summed E-state index contributed by atoms with van der Waals surface area (Å²) in [5, 5.41) is 24.4. The van der Waals surface area contributed by atoms with E-state index in [4.69, 9.17) is 10.2 Å². The number of carboxylic acids is 2. The third-order valence-corrected chi connectivity index (χ3v) is 2.89. The molecule has 0 amide bonds. The third-order valence-electron chi connectivity index (χ3n) is 2.89. The molecule has 0 spiro atoms. The molecule has 21 heavy (non-hydrogen) atoms. The van der Waals surface area contributed by atoms with Gasteiger partial charge in [-0.2, -0.15) is 28.2 Å². The molecule has 1 fully saturated rings. The molecule has 0 unspecified atom stereocenters. The zero-order valence-electron chi connectivity index (χ0n) is 13.3. The summed E-state index contributed by atoms with van der Waals surface area (Å²) in [6.07, 6.45) is 5.67. The first-order valence-corrected chi connectivity index (χ1v) is 6.85. The normalized spacial score (nSPS) is 14.0. The Morgan fingerprint density at radius 3 is 1.57 bits per heavy atom. The van der Waals surface area contributed by atoms with Crippen molar-refractivity contribution in [3.63, 3.8) is 0 Å². The second-order valence-corrected chi connectivity index (χ2v) is 4.86. The summed E-state index contributed by atoms with van der Waals surface area (Å²) in [6.45, 7) is 0. The van der Waals surface area contributed by atoms with Gasteiger partial charge in [-0.3, -0.25) is 9.59 Å². The van der Waals surface area contributed by atoms with Gasteiger partial charge in [0.05, 0.1) is 0 Å². The second kappa shape index (κ2) is 17.6. The monoisotopic (exact) mass is 483 g/mol. The fourth-order valence-corrected chi connectivity index (χ4v) is 2.06. The maximum absolute atomic E-state index is 10.6. The van der Waals surface area contributed by atoms with E-state index in [0.29, 0.717) is 12.3 Å². The van der Waals surface area contributed by atoms with E-state index in [2.05, 4.69) is 10.6 Å². The molecule has 0 aliphatic heterocycles. The molecule has 0 radical (unpaired) electrons. The van der Waals surface area contributed by atoms with Crippen molar-refractivity contribution in [2.75, 3.05) is 28.2 Å². The van der Waals surface area contributed by atoms with Gasteiger partial charge in [0.15, 0.2) is 5.92 Å². The molecule has 0 bridgehead atoms. The minimum absolute atomic E-state index is 0. The Balaban J connectivity index is -0.000000400. The minimum Gasteiger partial charge on any atom is -0.668 e. The fraction of sp³-hybridized carbons (Fsp3) is 0.857. The van der Waals surface area contributed by atoms with Crippen molar-refractivity contribution in [2.45, 2.75) is 38.5 Å². The quantitative estimate of drug-likeness (QED) is 0.600. The summed E-state index contributed by atoms with van der Waals surface area (Å²) in [5.74, 6) is -3.33. The van der Waals surface area contributed by atoms with Crippen molar-refractivity contribution in [2.24, 2.45) is 11.8 Å². The van der Waals surface area contributed by atoms with Gasteiger partial charge in [-0.05, 0) is 12.3 Å². The molecule has 0 heterocycles. The van der Waals surface area contributed by atoms with Crippen LogP contribution >= 0.6 is 0 Å². The van der Waals surface area contributed by atoms with Crippen LogP contribution < -0.4 is 0 Å². The average molecular weight is 483 g/mol. The smallest absolute Gasteiger partial charge is 0.668 e. The topological polar surface area (TPSA) is 103 Å². The van der Waals surface area contributed by atoms with Crippen LogP contribution in [0.15, 0.2) is 0 Å². The molecule has 1 aliphatic rings. The maximum Gasteiger partial charge on any atom is 2.00 e. The van der Waals surface area contributed by atoms with E-state index >= 15 is 0 Å². The van der Waals surface area contributed by atoms with Gasteiger partial charge in [0.1, 0.15) is 0 Å². The van der Waals surface area contributed by atoms with Crippen molar-refractivity contribution in [3.05, 3.63) is 10.6 Å². The van der Waals surface area contributed by atoms with Crippen molar-refractivity contribution in [1.82, 2.24) is 0 Å². The first kappa shape index (κ1) is 25.5. The molecule has 1 rings (SSSR count). The molecule has 1 saturated carbocycles. The number of carbonyl (C=O) groups is 2. The van der Waals surface area contributed by atoms with E-state index in [0.717, 1.165) is 25.7 Å². The Hall–Kier alpha value is -0.452. The van der Waals surface area contributed by atoms with E-state index in [1.165, 1.54) is 6.42 Å². The molecule has 6 nitrogen and oxygen atoms in total. The number of hydrogen-bond donors (Lipinski definition) is 2. The van der Waals surface area contributed by atoms with E-state index < -0.39 is 17.9 Å². The third kappa shape index (κ3) is 15.8. The Bertz CT molecular complexity index is 243. The zero-order valence-corrected chi connectivity index (χ0v) is 15.6. The van der Waals surface area contributed by atoms with E-state index in [1.807, 2.05) is 0 Å². The van der Waals surface area contributed by atoms with Crippen molar-refractivity contribution in [1.29, 1.82) is 0 Å². The van der Waals surface area contributed by atoms with Crippen LogP contribution in [0, 0.1) is 11.8 Å². The van der Waals surface area contributed by atoms with E-state index in [9.17, 15) is 9.59 Å². The maximum atomic E-state index is 10.6. The predicted molar refractivity (Wildman–Crippen MR) is 80.4 cm³/mol. The molecule has 0 saturated heterocycles. The van der Waals surface area contributed by atoms with Gasteiger partial charge >= 0.3 is 33.0 Å². The molecular weight excluding hydrogens is 455 g/mol. The summed E-state index contributed by atoms with van der Waals surface area (Å²) in [4.78, 5) is 21.3. The summed E-state index contributed by atoms with van der Waals surface area (Å²) in [7, 11) is 7.00. The largest absolute Gasteiger partial charge is 2.00 e. The molecule has 1 aliphatic carbocycles. The first-order valence-electron chi connectivity index (χ1n) is 6.85. The average Bonchev–Trinajstić information content (AvgIpc) is 2.38. The predicted octanol–water partition coefficient (Wildman–Crippen LogP) is 2.98. The van der Waals surface area contributed by atoms with Gasteiger partial charge in [0.25, 0.3) is 0 Å². The van der Waals surface area contributed by atoms with Crippen LogP contribution in [-0.2, 0) is 30.7 Å². The molecule has 0 aromatic rings. The Morgan fingerprint density at radius 2 is 1.29 bits per heavy atom. The summed E-state index contributed by atoms with van der Waals surface area (Å²) < 4.78 is 0. The molecule has 0 aromatic heterocycles. The van der Waals surface area contributed by atoms with Crippen LogP contribution in [0.4, 0.5) is 0 Å². The fourth-order valence-electron chi connectivity index (χ4n) is 2.06. The van der Waals surface area contributed by atoms with Crippen LogP contribution in [0.2, 0.25) is 0 Å². The van der Waals surface area contributed by atoms with Crippen molar-refractivity contribution >= 4 is 11.9 Å². The van der Waals surface area contributed by atoms with Crippen LogP contribution in [0.1, 0.15) is 38.5 Å². The van der Waals surface area contributed by atoms with E-state index in [-0.39, 0.29) is 21.1 Å². The van der Waals surface area contributed by atoms with Gasteiger partial charge in [-0.25, -0.2) is 0 Å². The molecule has 0 aromatic carbocycles. The van der Waals surface area contributed by atoms with Gasteiger partial charge in [-0.1, -0.05) is 32.1 Å². The molecule has 0 atom stereocenters. The SMILES string of the molecule is C[N-]C.C[N-]C.O=C(O)C(CC1CCCCC1)C(=O)O.[Pt+2]. The van der Waals surface area contributed by atoms with Crippen LogP contribution in [0.3, 0.4) is 0 Å². The summed E-state index contributed by atoms with van der Waals surface area (Å²) in [5.41, 5.74) is 0. The Kier molecular flexibility index (Phi) is 21.4. The standard InChI is InChI=1S/C10H16O4.2C2H6N.Pt/c11-9(12)8(10(13)14)6-7-4-2-1-3-5-7;2*1-3-2;/h7-8H,1-6H2,(H,11,12)(H,13,14);2*1-2H3;/q;2*-1;+2. The second-order valence-electron chi connectivity index (χ2n) is 4.86. The molecule has 7 heteroatoms. The summed E-state index contributed by atoms with van der Waals surface area (Å²) >= 11 is 0. The number of rotatable bonds is 4. The molecule has 128 valence electrons. The zero-order chi connectivity index (χ0) is 16.0. The first-order chi connectivity index (χ1) is 9.44. The van der Waals surface area contributed by atoms with Crippen molar-refractivity contribution in [3.8, 4) is 0 Å². The number of aliphatic carboxylic acids is 2. The Morgan fingerprint density at radius 1 is 0.952 bits per heavy atom. The van der Waals surface area contributed by atoms with Gasteiger partial charge in [0, 0.05) is 0 Å². The van der Waals surface area contributed by atoms with Crippen LogP contribution in [-0.4, -0.2) is 50.3 Å². The van der Waals surface area contributed by atoms with Gasteiger partial charge < -0.3 is 20.8 Å². The van der Waals surface area contributed by atoms with Crippen molar-refractivity contribution < 1.29 is 40.9 Å². The molecule has 2 N–H and O–H groups in total. The summed E-state index contributed by atoms with van der Waals surface area (Å²) in [6, 6.07) is 0. The number of nitrogens with zero attached hydrogens (tertiary/aromatic N) is 2. The number of carboxylic acid groups (broad SMARTS) is 2. The van der Waals surface area contributed by atoms with E-state index in [1.54, 1.807) is 28.2 Å². The Labute approximate surface area is 142 Å². The number of hydrogen-bond acceptors (Lipinski definition) is 2. The molecular formula is C14H28N2O4Pt. The minimum atomic E-state index is -1.21. The van der Waals surface area contributed by atoms with Crippen LogP contribution in [0.5, 0.6) is 0 Å². The van der Waals surface area contributed by atoms with Crippen LogP contribution in [0.25, 0.3) is 10.6 Å². The van der Waals surface area contributed by atoms with Gasteiger partial charge in [0.2, 0.25) is 0 Å². The van der Waals surface area contributed by atoms with Gasteiger partial charge in [-0.15, -0.1) is 0 Å².